The number of unbranched alkanes of at least 4 members (excludes halogenated alkanes) is 1. The Morgan fingerprint density at radius 1 is 0.311 bits per heavy atom. The van der Waals surface area contributed by atoms with Gasteiger partial charge in [-0.25, -0.2) is 21.2 Å². The lowest BCUT2D eigenvalue weighted by atomic mass is 9.97. The standard InChI is InChI=1S/C15H24O.C14H22O.2C13H20O3.C13H20O2S.C12H17FO2.C12H18O2S.C12H18O2.C12H18/c1-11(2)13-7-8-14(12(3)9-13)16-10-15(4,5)6;1-5-6-9-15-14-8-7-13(11(2)3)10-12(14)4;2*1-10(2)11-5-6-12(13(9-11)15-4)16-8-7-14-3;1-9(2)12-6-7-13(11(5)8-12)16(14,15)10(3)4;1-8(2)9-5-6-11(10(13)7-9)15-12(3,4)14;1-5-15(13,14)12-7-6-11(9(2)3)8-10(12)4;1-10(2)11-4-6-12(7-5-11)14-9-8-13-3;1-9(2)11-5-7-12(8-6-11)10(3)4/h7-9,11H,10H2,1-6H3;7-8,10-11H,5-6,9H2,1-4H3;2*5-6,9-10H,7-8H2,1-4H3;6-10H,1-5H3;5-8,14H,1-4H3;6-9H,5H2,1-4H3;4-7,10H,8-9H2,1-3H3;5-10H,1-4H3. The number of hydrogen-bond acceptors (Lipinski definition) is 16. The molecule has 0 aromatic heterocycles. The van der Waals surface area contributed by atoms with E-state index in [1.807, 2.05) is 88.4 Å². The first kappa shape index (κ1) is 124. The zero-order valence-electron chi connectivity index (χ0n) is 90.1. The third kappa shape index (κ3) is 48.3. The summed E-state index contributed by atoms with van der Waals surface area (Å²) in [5.41, 5.74) is 17.1. The number of rotatable bonds is 36. The molecule has 0 amide bonds. The van der Waals surface area contributed by atoms with Gasteiger partial charge in [-0.1, -0.05) is 283 Å². The van der Waals surface area contributed by atoms with Crippen LogP contribution in [-0.4, -0.2) is 127 Å². The number of sulfone groups is 2. The average molecular weight is 1910 g/mol. The smallest absolute Gasteiger partial charge is 0.202 e. The maximum atomic E-state index is 13.5. The van der Waals surface area contributed by atoms with E-state index >= 15 is 0 Å². The summed E-state index contributed by atoms with van der Waals surface area (Å²) in [4.78, 5) is 0.932. The van der Waals surface area contributed by atoms with Crippen LogP contribution in [0.15, 0.2) is 186 Å². The van der Waals surface area contributed by atoms with Crippen LogP contribution >= 0.6 is 0 Å². The van der Waals surface area contributed by atoms with Gasteiger partial charge in [-0.15, -0.1) is 0 Å². The molecule has 9 aromatic rings. The maximum absolute atomic E-state index is 13.5. The quantitative estimate of drug-likeness (QED) is 0.0288. The summed E-state index contributed by atoms with van der Waals surface area (Å²) in [7, 11) is 2.07. The highest BCUT2D eigenvalue weighted by Crippen LogP contribution is 2.35. The van der Waals surface area contributed by atoms with Gasteiger partial charge in [0.05, 0.1) is 68.0 Å². The van der Waals surface area contributed by atoms with E-state index in [1.165, 1.54) is 87.5 Å². The Morgan fingerprint density at radius 2 is 0.593 bits per heavy atom. The second kappa shape index (κ2) is 63.5. The molecule has 0 spiro atoms. The zero-order chi connectivity index (χ0) is 103. The molecule has 19 heteroatoms. The summed E-state index contributed by atoms with van der Waals surface area (Å²) in [6.45, 7) is 72.9. The fraction of sp³-hybridized carbons (Fsp3) is 0.534. The van der Waals surface area contributed by atoms with Crippen LogP contribution in [0.2, 0.25) is 0 Å². The Bertz CT molecular complexity index is 4920. The molecule has 756 valence electrons. The number of aryl methyl sites for hydroxylation is 4. The summed E-state index contributed by atoms with van der Waals surface area (Å²) in [6, 6.07) is 58.2. The summed E-state index contributed by atoms with van der Waals surface area (Å²) >= 11 is 0. The molecule has 0 radical (unpaired) electrons. The van der Waals surface area contributed by atoms with E-state index in [2.05, 4.69) is 251 Å². The van der Waals surface area contributed by atoms with Gasteiger partial charge in [0, 0.05) is 35.2 Å². The molecular formula is C116H177FO16S2. The molecule has 0 fully saturated rings. The van der Waals surface area contributed by atoms with E-state index in [-0.39, 0.29) is 28.1 Å². The van der Waals surface area contributed by atoms with Crippen molar-refractivity contribution in [2.75, 3.05) is 94.2 Å². The minimum atomic E-state index is -3.15. The Hall–Kier alpha value is -8.95. The third-order valence-electron chi connectivity index (χ3n) is 21.7. The molecule has 0 heterocycles. The SMILES string of the molecule is CC(C)c1ccc(C(C)C)cc1.CC(C)c1ccc(OC(C)(C)O)c(F)c1.CCCCOc1ccc(C(C)C)cc1C.CCS(=O)(=O)c1ccc(C(C)C)cc1C.COCCOc1ccc(C(C)C)cc1.COCCOc1ccc(C(C)C)cc1OC.COCCOc1ccc(C(C)C)cc1OC.Cc1cc(C(C)C)ccc1OCC(C)(C)C.Cc1cc(C(C)C)ccc1S(=O)(=O)C(C)C. The molecule has 0 aliphatic carbocycles. The average Bonchev–Trinajstić information content (AvgIpc) is 0.802. The van der Waals surface area contributed by atoms with Gasteiger partial charge in [-0.05, 0) is 263 Å². The van der Waals surface area contributed by atoms with E-state index in [4.69, 9.17) is 52.1 Å². The molecular weight excluding hydrogens is 1730 g/mol. The van der Waals surface area contributed by atoms with Crippen LogP contribution in [-0.2, 0) is 33.9 Å². The molecule has 0 aliphatic heterocycles. The van der Waals surface area contributed by atoms with Gasteiger partial charge in [-0.2, -0.15) is 0 Å². The van der Waals surface area contributed by atoms with E-state index in [0.717, 1.165) is 76.6 Å². The lowest BCUT2D eigenvalue weighted by Crippen LogP contribution is -2.27. The van der Waals surface area contributed by atoms with Crippen LogP contribution in [0.3, 0.4) is 0 Å². The zero-order valence-corrected chi connectivity index (χ0v) is 91.8. The Labute approximate surface area is 819 Å². The van der Waals surface area contributed by atoms with E-state index in [1.54, 1.807) is 80.6 Å². The first-order valence-corrected chi connectivity index (χ1v) is 51.6. The van der Waals surface area contributed by atoms with Crippen molar-refractivity contribution in [1.29, 1.82) is 0 Å². The van der Waals surface area contributed by atoms with Gasteiger partial charge in [-0.3, -0.25) is 0 Å². The molecule has 135 heavy (non-hydrogen) atoms. The molecule has 0 aliphatic rings. The summed E-state index contributed by atoms with van der Waals surface area (Å²) in [6.07, 6.45) is 2.31. The molecule has 0 saturated heterocycles. The van der Waals surface area contributed by atoms with Crippen molar-refractivity contribution in [2.24, 2.45) is 5.41 Å². The molecule has 9 aromatic carbocycles. The van der Waals surface area contributed by atoms with E-state index in [9.17, 15) is 26.3 Å². The molecule has 9 rings (SSSR count). The second-order valence-electron chi connectivity index (χ2n) is 39.0. The Kier molecular flexibility index (Phi) is 58.4. The van der Waals surface area contributed by atoms with Gasteiger partial charge in [0.25, 0.3) is 0 Å². The number of aliphatic hydroxyl groups is 1. The van der Waals surface area contributed by atoms with E-state index in [0.29, 0.717) is 103 Å². The fourth-order valence-electron chi connectivity index (χ4n) is 12.6. The van der Waals surface area contributed by atoms with Crippen LogP contribution in [0.25, 0.3) is 0 Å². The predicted octanol–water partition coefficient (Wildman–Crippen LogP) is 30.6. The molecule has 16 nitrogen and oxygen atoms in total. The topological polar surface area (TPSA) is 190 Å². The number of benzene rings is 9. The van der Waals surface area contributed by atoms with Crippen molar-refractivity contribution in [1.82, 2.24) is 0 Å². The first-order valence-electron chi connectivity index (χ1n) is 48.4. The predicted molar refractivity (Wildman–Crippen MR) is 565 cm³/mol. The minimum absolute atomic E-state index is 0.0758. The highest BCUT2D eigenvalue weighted by atomic mass is 32.2. The summed E-state index contributed by atoms with van der Waals surface area (Å²) < 4.78 is 120. The van der Waals surface area contributed by atoms with Crippen molar-refractivity contribution < 1.29 is 78.4 Å². The van der Waals surface area contributed by atoms with E-state index < -0.39 is 31.3 Å². The lowest BCUT2D eigenvalue weighted by molar-refractivity contribution is -0.106. The lowest BCUT2D eigenvalue weighted by Gasteiger charge is -2.20. The third-order valence-corrected chi connectivity index (χ3v) is 25.9. The highest BCUT2D eigenvalue weighted by molar-refractivity contribution is 7.92. The summed E-state index contributed by atoms with van der Waals surface area (Å²) in [5, 5.41) is 9.02. The van der Waals surface area contributed by atoms with Gasteiger partial charge in [0.15, 0.2) is 54.2 Å². The Balaban J connectivity index is 0.000000760. The number of hydrogen-bond donors (Lipinski definition) is 1. The maximum Gasteiger partial charge on any atom is 0.202 e. The van der Waals surface area contributed by atoms with Crippen molar-refractivity contribution in [2.45, 2.75) is 321 Å². The van der Waals surface area contributed by atoms with Gasteiger partial charge in [0.1, 0.15) is 37.1 Å². The van der Waals surface area contributed by atoms with Crippen LogP contribution in [0.4, 0.5) is 4.39 Å². The largest absolute Gasteiger partial charge is 0.493 e. The fourth-order valence-corrected chi connectivity index (χ4v) is 15.0. The van der Waals surface area contributed by atoms with Crippen LogP contribution in [0.1, 0.15) is 351 Å². The van der Waals surface area contributed by atoms with Crippen molar-refractivity contribution in [3.05, 3.63) is 260 Å². The molecule has 0 unspecified atom stereocenters. The molecule has 1 N–H and O–H groups in total. The van der Waals surface area contributed by atoms with Crippen molar-refractivity contribution >= 4 is 19.7 Å². The van der Waals surface area contributed by atoms with Crippen LogP contribution in [0.5, 0.6) is 46.0 Å². The monoisotopic (exact) mass is 1910 g/mol. The number of methoxy groups -OCH3 is 5. The van der Waals surface area contributed by atoms with Crippen LogP contribution in [0, 0.1) is 38.9 Å². The van der Waals surface area contributed by atoms with Crippen LogP contribution < -0.4 is 37.9 Å². The first-order chi connectivity index (χ1) is 63.1. The van der Waals surface area contributed by atoms with Gasteiger partial charge < -0.3 is 57.2 Å². The second-order valence-corrected chi connectivity index (χ2v) is 43.7. The van der Waals surface area contributed by atoms with Gasteiger partial charge >= 0.3 is 0 Å². The summed E-state index contributed by atoms with van der Waals surface area (Å²) in [5.74, 6) is 9.63. The molecule has 0 saturated carbocycles. The molecule has 0 atom stereocenters. The number of ether oxygens (including phenoxy) is 11. The van der Waals surface area contributed by atoms with Crippen molar-refractivity contribution in [3.63, 3.8) is 0 Å². The Morgan fingerprint density at radius 3 is 0.881 bits per heavy atom. The van der Waals surface area contributed by atoms with Crippen molar-refractivity contribution in [3.8, 4) is 46.0 Å². The van der Waals surface area contributed by atoms with Gasteiger partial charge in [0.2, 0.25) is 5.79 Å². The number of halogens is 1. The highest BCUT2D eigenvalue weighted by Gasteiger charge is 2.23. The minimum Gasteiger partial charge on any atom is -0.493 e. The molecule has 0 bridgehead atoms. The normalized spacial score (nSPS) is 11.3.